The Morgan fingerprint density at radius 2 is 1.50 bits per heavy atom. The van der Waals surface area contributed by atoms with Gasteiger partial charge in [-0.3, -0.25) is 0 Å². The summed E-state index contributed by atoms with van der Waals surface area (Å²) in [7, 11) is -0.498. The molecule has 0 aliphatic carbocycles. The largest absolute Gasteiger partial charge is 1.00 e. The monoisotopic (exact) mass is 138 g/mol. The molecular formula is ClNaO3S. The van der Waals surface area contributed by atoms with E-state index < -0.39 is 9.33 Å². The van der Waals surface area contributed by atoms with E-state index in [0.29, 0.717) is 0 Å². The molecule has 3 nitrogen and oxygen atoms in total. The fourth-order valence-electron chi connectivity index (χ4n) is 0. The normalized spacial score (nSPS) is 9.67. The van der Waals surface area contributed by atoms with Gasteiger partial charge in [0.05, 0.1) is 0 Å². The summed E-state index contributed by atoms with van der Waals surface area (Å²) in [5.74, 6) is 0. The number of rotatable bonds is 0. The first-order chi connectivity index (χ1) is 2.00. The summed E-state index contributed by atoms with van der Waals surface area (Å²) in [4.78, 5) is 0. The molecule has 0 amide bonds. The molecule has 0 heterocycles. The molecule has 0 aromatic heterocycles. The minimum absolute atomic E-state index is 0. The van der Waals surface area contributed by atoms with Crippen molar-refractivity contribution >= 4 is 20.0 Å². The molecule has 0 aromatic rings. The van der Waals surface area contributed by atoms with Crippen LogP contribution in [0, 0.1) is 0 Å². The molecule has 0 saturated carbocycles. The Labute approximate surface area is 62.2 Å². The third kappa shape index (κ3) is 63.7. The minimum Gasteiger partial charge on any atom is -0.735 e. The zero-order valence-electron chi connectivity index (χ0n) is 3.01. The average Bonchev–Trinajstić information content (AvgIpc) is 0.722. The summed E-state index contributed by atoms with van der Waals surface area (Å²) in [6.45, 7) is 0. The Morgan fingerprint density at radius 1 is 1.50 bits per heavy atom. The van der Waals surface area contributed by atoms with Crippen LogP contribution in [0.5, 0.6) is 0 Å². The van der Waals surface area contributed by atoms with Crippen molar-refractivity contribution in [2.24, 2.45) is 0 Å². The topological polar surface area (TPSA) is 57.2 Å². The molecule has 0 bridgehead atoms. The second-order valence-corrected chi connectivity index (χ2v) is 2.31. The van der Waals surface area contributed by atoms with Gasteiger partial charge in [-0.25, -0.2) is 8.42 Å². The van der Waals surface area contributed by atoms with Gasteiger partial charge >= 0.3 is 29.6 Å². The maximum Gasteiger partial charge on any atom is 1.00 e. The molecule has 0 spiro atoms. The Balaban J connectivity index is 0. The van der Waals surface area contributed by atoms with E-state index in [4.69, 9.17) is 13.0 Å². The van der Waals surface area contributed by atoms with Crippen LogP contribution in [0.25, 0.3) is 0 Å². The molecule has 0 fully saturated rings. The summed E-state index contributed by atoms with van der Waals surface area (Å²) < 4.78 is 26.5. The first-order valence-corrected chi connectivity index (χ1v) is 2.89. The van der Waals surface area contributed by atoms with Crippen LogP contribution in [0.15, 0.2) is 0 Å². The first kappa shape index (κ1) is 10.2. The maximum absolute atomic E-state index is 8.84. The Kier molecular flexibility index (Phi) is 5.52. The van der Waals surface area contributed by atoms with Gasteiger partial charge in [0.15, 0.2) is 9.33 Å². The van der Waals surface area contributed by atoms with Gasteiger partial charge in [-0.2, -0.15) is 0 Å². The third-order valence-electron chi connectivity index (χ3n) is 0. The molecule has 0 aliphatic heterocycles. The molecule has 0 unspecified atom stereocenters. The average molecular weight is 139 g/mol. The molecule has 0 rings (SSSR count). The Bertz CT molecular complexity index is 94.0. The Morgan fingerprint density at radius 3 is 1.50 bits per heavy atom. The van der Waals surface area contributed by atoms with E-state index in [1.807, 2.05) is 0 Å². The third-order valence-corrected chi connectivity index (χ3v) is 0. The van der Waals surface area contributed by atoms with E-state index in [-0.39, 0.29) is 29.6 Å². The van der Waals surface area contributed by atoms with E-state index in [0.717, 1.165) is 0 Å². The predicted octanol–water partition coefficient (Wildman–Crippen LogP) is -3.31. The second kappa shape index (κ2) is 3.23. The summed E-state index contributed by atoms with van der Waals surface area (Å²) >= 11 is 0. The van der Waals surface area contributed by atoms with Crippen molar-refractivity contribution in [2.75, 3.05) is 0 Å². The molecule has 6 heavy (non-hydrogen) atoms. The van der Waals surface area contributed by atoms with Crippen molar-refractivity contribution in [3.8, 4) is 0 Å². The van der Waals surface area contributed by atoms with Crippen molar-refractivity contribution in [3.05, 3.63) is 0 Å². The molecule has 6 heteroatoms. The SMILES string of the molecule is O=S(=O)([O-])Cl.[Na+]. The Hall–Kier alpha value is 1.20. The van der Waals surface area contributed by atoms with Crippen LogP contribution in [-0.4, -0.2) is 13.0 Å². The molecule has 0 atom stereocenters. The summed E-state index contributed by atoms with van der Waals surface area (Å²) in [6, 6.07) is 0. The number of halogens is 1. The molecule has 0 radical (unpaired) electrons. The number of hydrogen-bond acceptors (Lipinski definition) is 3. The van der Waals surface area contributed by atoms with Crippen molar-refractivity contribution in [2.45, 2.75) is 0 Å². The summed E-state index contributed by atoms with van der Waals surface area (Å²) in [6.07, 6.45) is 0. The standard InChI is InChI=1S/ClHO3S.Na/c1-5(2,3)4;/h(H,2,3,4);/q;+1/p-1. The van der Waals surface area contributed by atoms with Crippen LogP contribution in [0.1, 0.15) is 0 Å². The minimum atomic E-state index is -4.44. The molecule has 32 valence electrons. The zero-order valence-corrected chi connectivity index (χ0v) is 6.58. The van der Waals surface area contributed by atoms with Gasteiger partial charge < -0.3 is 4.55 Å². The van der Waals surface area contributed by atoms with Gasteiger partial charge in [0.2, 0.25) is 0 Å². The van der Waals surface area contributed by atoms with Crippen LogP contribution in [0.4, 0.5) is 0 Å². The van der Waals surface area contributed by atoms with Crippen molar-refractivity contribution in [1.82, 2.24) is 0 Å². The molecule has 0 aliphatic rings. The van der Waals surface area contributed by atoms with E-state index >= 15 is 0 Å². The quantitative estimate of drug-likeness (QED) is 0.200. The van der Waals surface area contributed by atoms with Crippen LogP contribution in [-0.2, 0) is 9.33 Å². The molecule has 0 saturated heterocycles. The fraction of sp³-hybridized carbons (Fsp3) is 0. The summed E-state index contributed by atoms with van der Waals surface area (Å²) in [5, 5.41) is 0. The van der Waals surface area contributed by atoms with E-state index in [9.17, 15) is 0 Å². The molecular weight excluding hydrogens is 139 g/mol. The molecule has 0 aromatic carbocycles. The van der Waals surface area contributed by atoms with Gasteiger partial charge in [0.1, 0.15) is 0 Å². The van der Waals surface area contributed by atoms with Gasteiger partial charge in [-0.1, -0.05) is 0 Å². The van der Waals surface area contributed by atoms with Crippen LogP contribution in [0.2, 0.25) is 0 Å². The van der Waals surface area contributed by atoms with Crippen LogP contribution >= 0.6 is 10.7 Å². The van der Waals surface area contributed by atoms with E-state index in [1.54, 1.807) is 0 Å². The van der Waals surface area contributed by atoms with Gasteiger partial charge in [0, 0.05) is 10.7 Å². The van der Waals surface area contributed by atoms with Crippen molar-refractivity contribution in [3.63, 3.8) is 0 Å². The first-order valence-electron chi connectivity index (χ1n) is 0.654. The van der Waals surface area contributed by atoms with Crippen LogP contribution in [0.3, 0.4) is 0 Å². The van der Waals surface area contributed by atoms with Gasteiger partial charge in [0.25, 0.3) is 0 Å². The molecule has 0 N–H and O–H groups in total. The maximum atomic E-state index is 8.84. The van der Waals surface area contributed by atoms with Crippen molar-refractivity contribution < 1.29 is 42.5 Å². The number of hydrogen-bond donors (Lipinski definition) is 0. The van der Waals surface area contributed by atoms with Crippen LogP contribution < -0.4 is 29.6 Å². The van der Waals surface area contributed by atoms with E-state index in [1.165, 1.54) is 0 Å². The smallest absolute Gasteiger partial charge is 0.735 e. The fourth-order valence-corrected chi connectivity index (χ4v) is 0. The van der Waals surface area contributed by atoms with Gasteiger partial charge in [-0.05, 0) is 0 Å². The predicted molar refractivity (Wildman–Crippen MR) is 15.6 cm³/mol. The second-order valence-electron chi connectivity index (χ2n) is 0.393. The van der Waals surface area contributed by atoms with Gasteiger partial charge in [-0.15, -0.1) is 0 Å². The summed E-state index contributed by atoms with van der Waals surface area (Å²) in [5.41, 5.74) is 0. The zero-order chi connectivity index (χ0) is 4.50. The van der Waals surface area contributed by atoms with Crippen molar-refractivity contribution in [1.29, 1.82) is 0 Å². The van der Waals surface area contributed by atoms with E-state index in [2.05, 4.69) is 10.7 Å².